The molecule has 1 aromatic carbocycles. The van der Waals surface area contributed by atoms with E-state index in [-0.39, 0.29) is 31.0 Å². The van der Waals surface area contributed by atoms with Crippen LogP contribution in [0, 0.1) is 18.7 Å². The van der Waals surface area contributed by atoms with Gasteiger partial charge in [0.05, 0.1) is 6.54 Å². The van der Waals surface area contributed by atoms with Gasteiger partial charge in [-0.15, -0.1) is 0 Å². The largest absolute Gasteiger partial charge is 0.459 e. The predicted molar refractivity (Wildman–Crippen MR) is 93.7 cm³/mol. The number of aryl methyl sites for hydroxylation is 1. The smallest absolute Gasteiger partial charge is 0.317 e. The van der Waals surface area contributed by atoms with Gasteiger partial charge in [-0.1, -0.05) is 0 Å². The number of nitrogens with zero attached hydrogens (tertiary/aromatic N) is 1. The molecule has 3 rings (SSSR count). The number of halogens is 1. The topological polar surface area (TPSA) is 65.7 Å². The Morgan fingerprint density at radius 1 is 1.36 bits per heavy atom. The summed E-state index contributed by atoms with van der Waals surface area (Å²) < 4.78 is 19.1. The molecule has 136 valence electrons. The molecule has 1 aliphatic rings. The van der Waals surface area contributed by atoms with E-state index in [0.29, 0.717) is 17.3 Å². The van der Waals surface area contributed by atoms with Crippen LogP contribution in [0.1, 0.15) is 37.0 Å². The first kappa shape index (κ1) is 17.7. The molecule has 1 aromatic heterocycles. The number of urea groups is 1. The van der Waals surface area contributed by atoms with Gasteiger partial charge in [0.2, 0.25) is 0 Å². The number of aliphatic hydroxyl groups excluding tert-OH is 1. The maximum atomic E-state index is 13.4. The van der Waals surface area contributed by atoms with Crippen molar-refractivity contribution in [2.24, 2.45) is 5.92 Å². The molecule has 1 heterocycles. The third-order valence-electron chi connectivity index (χ3n) is 5.34. The van der Waals surface area contributed by atoms with E-state index in [2.05, 4.69) is 5.32 Å². The van der Waals surface area contributed by atoms with Gasteiger partial charge in [0.25, 0.3) is 0 Å². The van der Waals surface area contributed by atoms with Gasteiger partial charge in [0, 0.05) is 30.6 Å². The highest BCUT2D eigenvalue weighted by Gasteiger charge is 2.26. The van der Waals surface area contributed by atoms with Crippen molar-refractivity contribution in [3.8, 4) is 0 Å². The lowest BCUT2D eigenvalue weighted by atomic mass is 9.86. The summed E-state index contributed by atoms with van der Waals surface area (Å²) >= 11 is 0. The minimum Gasteiger partial charge on any atom is -0.459 e. The van der Waals surface area contributed by atoms with Crippen LogP contribution in [-0.2, 0) is 6.54 Å². The Labute approximate surface area is 146 Å². The number of fused-ring (bicyclic) bond motifs is 1. The number of benzene rings is 1. The molecule has 25 heavy (non-hydrogen) atoms. The number of carbonyl (C=O) groups is 1. The fourth-order valence-corrected chi connectivity index (χ4v) is 3.57. The first-order chi connectivity index (χ1) is 12.0. The van der Waals surface area contributed by atoms with E-state index in [0.717, 1.165) is 36.6 Å². The van der Waals surface area contributed by atoms with Crippen LogP contribution in [-0.4, -0.2) is 35.7 Å². The average Bonchev–Trinajstić information content (AvgIpc) is 2.94. The Morgan fingerprint density at radius 2 is 2.08 bits per heavy atom. The number of rotatable bonds is 4. The van der Waals surface area contributed by atoms with Crippen LogP contribution in [0.4, 0.5) is 9.18 Å². The van der Waals surface area contributed by atoms with Crippen molar-refractivity contribution in [1.29, 1.82) is 0 Å². The minimum absolute atomic E-state index is 0.140. The predicted octanol–water partition coefficient (Wildman–Crippen LogP) is 3.57. The molecule has 2 amide bonds. The summed E-state index contributed by atoms with van der Waals surface area (Å²) in [5.41, 5.74) is 1.47. The quantitative estimate of drug-likeness (QED) is 0.888. The minimum atomic E-state index is -0.301. The summed E-state index contributed by atoms with van der Waals surface area (Å²) in [5, 5.41) is 12.8. The van der Waals surface area contributed by atoms with Crippen LogP contribution < -0.4 is 5.32 Å². The fourth-order valence-electron chi connectivity index (χ4n) is 3.57. The summed E-state index contributed by atoms with van der Waals surface area (Å²) in [6.07, 6.45) is 3.73. The lowest BCUT2D eigenvalue weighted by molar-refractivity contribution is 0.133. The Balaban J connectivity index is 1.59. The normalized spacial score (nSPS) is 20.6. The molecule has 0 saturated heterocycles. The molecule has 5 nitrogen and oxygen atoms in total. The maximum absolute atomic E-state index is 13.4. The van der Waals surface area contributed by atoms with Gasteiger partial charge in [-0.05, 0) is 56.7 Å². The zero-order chi connectivity index (χ0) is 18.0. The van der Waals surface area contributed by atoms with Crippen molar-refractivity contribution >= 4 is 17.0 Å². The second kappa shape index (κ2) is 7.44. The molecule has 0 bridgehead atoms. The van der Waals surface area contributed by atoms with E-state index < -0.39 is 0 Å². The Hall–Kier alpha value is -2.08. The zero-order valence-corrected chi connectivity index (χ0v) is 14.7. The monoisotopic (exact) mass is 348 g/mol. The SMILES string of the molecule is Cc1c(CNC(=O)N(C)C2CCC(CO)CC2)oc2ccc(F)cc12. The van der Waals surface area contributed by atoms with E-state index in [9.17, 15) is 14.3 Å². The molecule has 1 fully saturated rings. The highest BCUT2D eigenvalue weighted by molar-refractivity contribution is 5.82. The van der Waals surface area contributed by atoms with E-state index in [4.69, 9.17) is 4.42 Å². The molecule has 0 unspecified atom stereocenters. The van der Waals surface area contributed by atoms with Crippen molar-refractivity contribution in [3.05, 3.63) is 35.3 Å². The average molecular weight is 348 g/mol. The number of aliphatic hydroxyl groups is 1. The summed E-state index contributed by atoms with van der Waals surface area (Å²) in [5.74, 6) is 0.711. The number of amides is 2. The van der Waals surface area contributed by atoms with Gasteiger partial charge in [-0.3, -0.25) is 0 Å². The summed E-state index contributed by atoms with van der Waals surface area (Å²) in [6, 6.07) is 4.48. The Kier molecular flexibility index (Phi) is 5.27. The second-order valence-electron chi connectivity index (χ2n) is 6.92. The second-order valence-corrected chi connectivity index (χ2v) is 6.92. The van der Waals surface area contributed by atoms with Crippen LogP contribution in [0.3, 0.4) is 0 Å². The molecule has 0 aliphatic heterocycles. The van der Waals surface area contributed by atoms with Crippen molar-refractivity contribution in [2.75, 3.05) is 13.7 Å². The molecule has 0 radical (unpaired) electrons. The molecule has 1 aliphatic carbocycles. The van der Waals surface area contributed by atoms with Gasteiger partial charge in [0.15, 0.2) is 0 Å². The summed E-state index contributed by atoms with van der Waals surface area (Å²) in [4.78, 5) is 14.2. The van der Waals surface area contributed by atoms with Gasteiger partial charge in [-0.2, -0.15) is 0 Å². The standard InChI is InChI=1S/C19H25FN2O3/c1-12-16-9-14(20)5-8-17(16)25-18(12)10-21-19(24)22(2)15-6-3-13(11-23)4-7-15/h5,8-9,13,15,23H,3-4,6-7,10-11H2,1-2H3,(H,21,24). The molecule has 0 spiro atoms. The van der Waals surface area contributed by atoms with Crippen LogP contribution in [0.2, 0.25) is 0 Å². The van der Waals surface area contributed by atoms with Crippen LogP contribution in [0.5, 0.6) is 0 Å². The number of hydrogen-bond acceptors (Lipinski definition) is 3. The molecule has 6 heteroatoms. The summed E-state index contributed by atoms with van der Waals surface area (Å²) in [7, 11) is 1.81. The molecular weight excluding hydrogens is 323 g/mol. The highest BCUT2D eigenvalue weighted by Crippen LogP contribution is 2.27. The van der Waals surface area contributed by atoms with Crippen molar-refractivity contribution in [2.45, 2.75) is 45.2 Å². The lowest BCUT2D eigenvalue weighted by Gasteiger charge is -2.34. The van der Waals surface area contributed by atoms with Gasteiger partial charge in [-0.25, -0.2) is 9.18 Å². The third-order valence-corrected chi connectivity index (χ3v) is 5.34. The number of carbonyl (C=O) groups excluding carboxylic acids is 1. The third kappa shape index (κ3) is 3.79. The van der Waals surface area contributed by atoms with E-state index in [1.54, 1.807) is 18.0 Å². The van der Waals surface area contributed by atoms with E-state index in [1.165, 1.54) is 12.1 Å². The number of nitrogens with one attached hydrogen (secondary N) is 1. The zero-order valence-electron chi connectivity index (χ0n) is 14.7. The molecular formula is C19H25FN2O3. The first-order valence-electron chi connectivity index (χ1n) is 8.78. The van der Waals surface area contributed by atoms with Gasteiger partial charge < -0.3 is 19.7 Å². The van der Waals surface area contributed by atoms with Gasteiger partial charge in [0.1, 0.15) is 17.2 Å². The van der Waals surface area contributed by atoms with Crippen molar-refractivity contribution in [1.82, 2.24) is 10.2 Å². The molecule has 2 aromatic rings. The van der Waals surface area contributed by atoms with Crippen molar-refractivity contribution in [3.63, 3.8) is 0 Å². The van der Waals surface area contributed by atoms with Crippen LogP contribution >= 0.6 is 0 Å². The Morgan fingerprint density at radius 3 is 2.76 bits per heavy atom. The molecule has 0 atom stereocenters. The maximum Gasteiger partial charge on any atom is 0.317 e. The van der Waals surface area contributed by atoms with E-state index >= 15 is 0 Å². The van der Waals surface area contributed by atoms with Crippen LogP contribution in [0.25, 0.3) is 11.0 Å². The molecule has 2 N–H and O–H groups in total. The fraction of sp³-hybridized carbons (Fsp3) is 0.526. The number of furan rings is 1. The molecule has 1 saturated carbocycles. The number of hydrogen-bond donors (Lipinski definition) is 2. The van der Waals surface area contributed by atoms with Crippen molar-refractivity contribution < 1.29 is 18.7 Å². The summed E-state index contributed by atoms with van der Waals surface area (Å²) in [6.45, 7) is 2.37. The Bertz CT molecular complexity index is 750. The van der Waals surface area contributed by atoms with E-state index in [1.807, 2.05) is 6.92 Å². The van der Waals surface area contributed by atoms with Crippen LogP contribution in [0.15, 0.2) is 22.6 Å². The van der Waals surface area contributed by atoms with Gasteiger partial charge >= 0.3 is 6.03 Å². The first-order valence-corrected chi connectivity index (χ1v) is 8.78. The highest BCUT2D eigenvalue weighted by atomic mass is 19.1. The lowest BCUT2D eigenvalue weighted by Crippen LogP contribution is -2.45.